The van der Waals surface area contributed by atoms with Crippen molar-refractivity contribution in [3.63, 3.8) is 0 Å². The molecule has 0 saturated carbocycles. The van der Waals surface area contributed by atoms with Crippen molar-refractivity contribution in [1.82, 2.24) is 25.1 Å². The summed E-state index contributed by atoms with van der Waals surface area (Å²) in [5, 5.41) is 8.77. The van der Waals surface area contributed by atoms with Crippen molar-refractivity contribution in [1.29, 1.82) is 0 Å². The molecule has 0 aliphatic carbocycles. The standard InChI is InChI=1S/C21H19Cl2N7O3S/c22-15-10-25-11-16(23)18(15)20(24)33-13-1-2-17-14(7-13)19(29-28-17)12-8-26-21(27-9-12)30-34(31)5-3-32-4-6-34/h1-2,7-11,20H,3-6,24H2,(H,28,29)/t20-/m0/s1. The van der Waals surface area contributed by atoms with Crippen LogP contribution in [-0.2, 0) is 14.5 Å². The van der Waals surface area contributed by atoms with Crippen molar-refractivity contribution in [2.24, 2.45) is 10.1 Å². The van der Waals surface area contributed by atoms with Crippen LogP contribution >= 0.6 is 23.2 Å². The quantitative estimate of drug-likeness (QED) is 0.378. The number of benzene rings is 1. The minimum absolute atomic E-state index is 0.177. The number of rotatable bonds is 5. The maximum Gasteiger partial charge on any atom is 0.257 e. The molecule has 5 rings (SSSR count). The number of hydrogen-bond donors (Lipinski definition) is 2. The fraction of sp³-hybridized carbons (Fsp3) is 0.238. The fourth-order valence-corrected chi connectivity index (χ4v) is 5.61. The summed E-state index contributed by atoms with van der Waals surface area (Å²) in [7, 11) is -2.39. The number of ether oxygens (including phenoxy) is 2. The first-order valence-corrected chi connectivity index (χ1v) is 12.8. The first kappa shape index (κ1) is 22.9. The zero-order chi connectivity index (χ0) is 23.7. The van der Waals surface area contributed by atoms with Crippen molar-refractivity contribution in [2.45, 2.75) is 6.23 Å². The molecule has 3 aromatic heterocycles. The van der Waals surface area contributed by atoms with Crippen LogP contribution in [-0.4, -0.2) is 54.1 Å². The molecule has 1 atom stereocenters. The molecule has 1 aliphatic heterocycles. The summed E-state index contributed by atoms with van der Waals surface area (Å²) < 4.78 is 28.2. The number of nitrogens with two attached hydrogens (primary N) is 1. The summed E-state index contributed by atoms with van der Waals surface area (Å²) in [6, 6.07) is 5.38. The van der Waals surface area contributed by atoms with E-state index in [4.69, 9.17) is 38.4 Å². The van der Waals surface area contributed by atoms with Crippen molar-refractivity contribution < 1.29 is 13.7 Å². The molecule has 0 unspecified atom stereocenters. The molecule has 3 N–H and O–H groups in total. The van der Waals surface area contributed by atoms with E-state index in [0.29, 0.717) is 57.3 Å². The van der Waals surface area contributed by atoms with Crippen LogP contribution in [0.1, 0.15) is 11.8 Å². The van der Waals surface area contributed by atoms with E-state index in [-0.39, 0.29) is 5.95 Å². The average molecular weight is 520 g/mol. The van der Waals surface area contributed by atoms with Crippen LogP contribution in [0.25, 0.3) is 22.2 Å². The van der Waals surface area contributed by atoms with Gasteiger partial charge in [-0.15, -0.1) is 0 Å². The van der Waals surface area contributed by atoms with Crippen LogP contribution in [0.2, 0.25) is 10.0 Å². The molecule has 34 heavy (non-hydrogen) atoms. The highest BCUT2D eigenvalue weighted by atomic mass is 35.5. The molecule has 4 aromatic rings. The van der Waals surface area contributed by atoms with Gasteiger partial charge in [-0.3, -0.25) is 15.8 Å². The van der Waals surface area contributed by atoms with Gasteiger partial charge in [0.1, 0.15) is 11.4 Å². The number of aromatic amines is 1. The van der Waals surface area contributed by atoms with Crippen LogP contribution in [0.4, 0.5) is 5.95 Å². The van der Waals surface area contributed by atoms with Gasteiger partial charge in [0.15, 0.2) is 6.23 Å². The Morgan fingerprint density at radius 1 is 1.12 bits per heavy atom. The summed E-state index contributed by atoms with van der Waals surface area (Å²) in [4.78, 5) is 12.5. The summed E-state index contributed by atoms with van der Waals surface area (Å²) in [6.07, 6.45) is 5.21. The van der Waals surface area contributed by atoms with Gasteiger partial charge in [-0.25, -0.2) is 14.2 Å². The Kier molecular flexibility index (Phi) is 6.36. The fourth-order valence-electron chi connectivity index (χ4n) is 3.50. The number of nitrogens with one attached hydrogen (secondary N) is 1. The third-order valence-corrected chi connectivity index (χ3v) is 7.93. The van der Waals surface area contributed by atoms with Gasteiger partial charge >= 0.3 is 0 Å². The highest BCUT2D eigenvalue weighted by Gasteiger charge is 2.18. The maximum atomic E-state index is 12.7. The Hall–Kier alpha value is -2.83. The second-order valence-corrected chi connectivity index (χ2v) is 10.8. The zero-order valence-corrected chi connectivity index (χ0v) is 20.0. The van der Waals surface area contributed by atoms with Crippen LogP contribution in [0, 0.1) is 0 Å². The van der Waals surface area contributed by atoms with E-state index < -0.39 is 16.0 Å². The Morgan fingerprint density at radius 2 is 1.82 bits per heavy atom. The first-order chi connectivity index (χ1) is 16.4. The number of halogens is 2. The van der Waals surface area contributed by atoms with Crippen molar-refractivity contribution in [2.75, 3.05) is 24.7 Å². The van der Waals surface area contributed by atoms with Crippen molar-refractivity contribution in [3.8, 4) is 17.0 Å². The molecule has 1 aromatic carbocycles. The number of nitrogens with zero attached hydrogens (tertiary/aromatic N) is 5. The van der Waals surface area contributed by atoms with Gasteiger partial charge in [-0.05, 0) is 18.2 Å². The van der Waals surface area contributed by atoms with Crippen LogP contribution in [0.3, 0.4) is 0 Å². The van der Waals surface area contributed by atoms with Crippen LogP contribution < -0.4 is 10.5 Å². The Bertz CT molecular complexity index is 1440. The smallest absolute Gasteiger partial charge is 0.257 e. The molecule has 0 amide bonds. The number of fused-ring (bicyclic) bond motifs is 1. The SMILES string of the molecule is N[C@@H](Oc1ccc2[nH]nc(-c3cnc(N=S4(=O)CCOCC4)nc3)c2c1)c1c(Cl)cncc1Cl. The van der Waals surface area contributed by atoms with E-state index >= 15 is 0 Å². The Balaban J connectivity index is 1.42. The highest BCUT2D eigenvalue weighted by Crippen LogP contribution is 2.33. The van der Waals surface area contributed by atoms with E-state index in [9.17, 15) is 4.21 Å². The monoisotopic (exact) mass is 519 g/mol. The lowest BCUT2D eigenvalue weighted by atomic mass is 10.1. The number of H-pyrrole nitrogens is 1. The lowest BCUT2D eigenvalue weighted by Gasteiger charge is -2.17. The summed E-state index contributed by atoms with van der Waals surface area (Å²) in [5.41, 5.74) is 8.71. The molecule has 0 spiro atoms. The third-order valence-electron chi connectivity index (χ3n) is 5.23. The maximum absolute atomic E-state index is 12.7. The molecular formula is C21H19Cl2N7O3S. The topological polar surface area (TPSA) is 141 Å². The largest absolute Gasteiger partial charge is 0.471 e. The average Bonchev–Trinajstić information content (AvgIpc) is 3.23. The van der Waals surface area contributed by atoms with Gasteiger partial charge in [-0.1, -0.05) is 23.2 Å². The number of aromatic nitrogens is 5. The van der Waals surface area contributed by atoms with Crippen molar-refractivity contribution >= 4 is 49.8 Å². The second kappa shape index (κ2) is 9.43. The molecule has 1 fully saturated rings. The molecule has 0 radical (unpaired) electrons. The van der Waals surface area contributed by atoms with Gasteiger partial charge in [0.2, 0.25) is 0 Å². The van der Waals surface area contributed by atoms with Gasteiger partial charge in [0.05, 0.1) is 50.0 Å². The molecular weight excluding hydrogens is 501 g/mol. The zero-order valence-electron chi connectivity index (χ0n) is 17.6. The van der Waals surface area contributed by atoms with Crippen molar-refractivity contribution in [3.05, 3.63) is 58.6 Å². The number of pyridine rings is 1. The van der Waals surface area contributed by atoms with Gasteiger partial charge in [-0.2, -0.15) is 9.46 Å². The summed E-state index contributed by atoms with van der Waals surface area (Å²) in [5.74, 6) is 1.43. The van der Waals surface area contributed by atoms with Crippen LogP contribution in [0.15, 0.2) is 47.3 Å². The molecule has 176 valence electrons. The van der Waals surface area contributed by atoms with Crippen LogP contribution in [0.5, 0.6) is 5.75 Å². The minimum Gasteiger partial charge on any atom is -0.471 e. The Morgan fingerprint density at radius 3 is 2.53 bits per heavy atom. The predicted octanol–water partition coefficient (Wildman–Crippen LogP) is 3.89. The van der Waals surface area contributed by atoms with E-state index in [1.165, 1.54) is 12.4 Å². The summed E-state index contributed by atoms with van der Waals surface area (Å²) in [6.45, 7) is 0.848. The molecule has 0 bridgehead atoms. The van der Waals surface area contributed by atoms with Gasteiger partial charge < -0.3 is 9.47 Å². The molecule has 1 saturated heterocycles. The van der Waals surface area contributed by atoms with E-state index in [1.807, 2.05) is 6.07 Å². The van der Waals surface area contributed by atoms with E-state index in [1.54, 1.807) is 24.5 Å². The highest BCUT2D eigenvalue weighted by molar-refractivity contribution is 7.93. The Labute approximate surface area is 205 Å². The normalized spacial score (nSPS) is 16.3. The lowest BCUT2D eigenvalue weighted by molar-refractivity contribution is 0.158. The molecule has 4 heterocycles. The minimum atomic E-state index is -2.39. The molecule has 10 nitrogen and oxygen atoms in total. The predicted molar refractivity (Wildman–Crippen MR) is 130 cm³/mol. The van der Waals surface area contributed by atoms with E-state index in [2.05, 4.69) is 29.5 Å². The second-order valence-electron chi connectivity index (χ2n) is 7.49. The third kappa shape index (κ3) is 4.70. The number of hydrogen-bond acceptors (Lipinski definition) is 9. The first-order valence-electron chi connectivity index (χ1n) is 10.2. The van der Waals surface area contributed by atoms with E-state index in [0.717, 1.165) is 10.9 Å². The van der Waals surface area contributed by atoms with Gasteiger partial charge in [0.25, 0.3) is 5.95 Å². The van der Waals surface area contributed by atoms with Gasteiger partial charge in [0, 0.05) is 41.3 Å². The molecule has 13 heteroatoms. The summed E-state index contributed by atoms with van der Waals surface area (Å²) >= 11 is 12.4. The molecule has 1 aliphatic rings. The lowest BCUT2D eigenvalue weighted by Crippen LogP contribution is -2.25.